The average molecular weight is 184 g/mol. The van der Waals surface area contributed by atoms with Crippen LogP contribution in [0.4, 0.5) is 0 Å². The Morgan fingerprint density at radius 2 is 2.23 bits per heavy atom. The zero-order valence-corrected chi connectivity index (χ0v) is 9.13. The molecule has 1 fully saturated rings. The standard InChI is InChI=1S/C11H24N2/c1-3-6-10(2)13-8-5-4-7-11(13)9-12/h10-11H,3-9,12H2,1-2H3. The highest BCUT2D eigenvalue weighted by Crippen LogP contribution is 2.20. The lowest BCUT2D eigenvalue weighted by molar-refractivity contribution is 0.102. The van der Waals surface area contributed by atoms with Crippen molar-refractivity contribution in [1.29, 1.82) is 0 Å². The molecule has 1 aliphatic heterocycles. The smallest absolute Gasteiger partial charge is 0.0221 e. The van der Waals surface area contributed by atoms with E-state index in [-0.39, 0.29) is 0 Å². The quantitative estimate of drug-likeness (QED) is 0.724. The van der Waals surface area contributed by atoms with E-state index in [9.17, 15) is 0 Å². The fourth-order valence-electron chi connectivity index (χ4n) is 2.44. The Morgan fingerprint density at radius 3 is 2.85 bits per heavy atom. The molecule has 2 atom stereocenters. The molecule has 78 valence electrons. The first-order chi connectivity index (χ1) is 6.29. The third-order valence-corrected chi connectivity index (χ3v) is 3.22. The summed E-state index contributed by atoms with van der Waals surface area (Å²) in [6, 6.07) is 1.40. The summed E-state index contributed by atoms with van der Waals surface area (Å²) in [6.07, 6.45) is 6.65. The highest BCUT2D eigenvalue weighted by molar-refractivity contribution is 4.81. The van der Waals surface area contributed by atoms with Gasteiger partial charge in [-0.05, 0) is 32.7 Å². The largest absolute Gasteiger partial charge is 0.329 e. The number of rotatable bonds is 4. The molecule has 0 amide bonds. The van der Waals surface area contributed by atoms with Gasteiger partial charge in [-0.15, -0.1) is 0 Å². The Morgan fingerprint density at radius 1 is 1.46 bits per heavy atom. The Balaban J connectivity index is 2.43. The maximum absolute atomic E-state index is 5.79. The lowest BCUT2D eigenvalue weighted by Gasteiger charge is -2.39. The molecule has 0 aromatic heterocycles. The Kier molecular flexibility index (Phi) is 4.74. The van der Waals surface area contributed by atoms with Crippen LogP contribution in [0.3, 0.4) is 0 Å². The lowest BCUT2D eigenvalue weighted by Crippen LogP contribution is -2.48. The van der Waals surface area contributed by atoms with Crippen LogP contribution in [0.25, 0.3) is 0 Å². The van der Waals surface area contributed by atoms with Gasteiger partial charge in [-0.25, -0.2) is 0 Å². The minimum Gasteiger partial charge on any atom is -0.329 e. The van der Waals surface area contributed by atoms with Crippen LogP contribution in [0, 0.1) is 0 Å². The minimum absolute atomic E-state index is 0.662. The Bertz CT molecular complexity index is 136. The summed E-state index contributed by atoms with van der Waals surface area (Å²) in [7, 11) is 0. The molecule has 2 unspecified atom stereocenters. The SMILES string of the molecule is CCCC(C)N1CCCCC1CN. The molecule has 2 nitrogen and oxygen atoms in total. The van der Waals surface area contributed by atoms with Crippen LogP contribution in [-0.4, -0.2) is 30.1 Å². The summed E-state index contributed by atoms with van der Waals surface area (Å²) in [6.45, 7) is 6.71. The highest BCUT2D eigenvalue weighted by atomic mass is 15.2. The van der Waals surface area contributed by atoms with Gasteiger partial charge in [-0.1, -0.05) is 19.8 Å². The third kappa shape index (κ3) is 2.96. The van der Waals surface area contributed by atoms with Gasteiger partial charge >= 0.3 is 0 Å². The molecular weight excluding hydrogens is 160 g/mol. The zero-order chi connectivity index (χ0) is 9.68. The maximum Gasteiger partial charge on any atom is 0.0221 e. The average Bonchev–Trinajstić information content (AvgIpc) is 2.18. The van der Waals surface area contributed by atoms with Crippen molar-refractivity contribution in [2.24, 2.45) is 5.73 Å². The van der Waals surface area contributed by atoms with Gasteiger partial charge in [-0.2, -0.15) is 0 Å². The van der Waals surface area contributed by atoms with Crippen molar-refractivity contribution in [3.05, 3.63) is 0 Å². The molecule has 0 radical (unpaired) electrons. The maximum atomic E-state index is 5.79. The lowest BCUT2D eigenvalue weighted by atomic mass is 9.99. The summed E-state index contributed by atoms with van der Waals surface area (Å²) in [4.78, 5) is 2.62. The van der Waals surface area contributed by atoms with Crippen molar-refractivity contribution in [1.82, 2.24) is 4.90 Å². The molecule has 1 rings (SSSR count). The first kappa shape index (κ1) is 11.0. The second-order valence-corrected chi connectivity index (χ2v) is 4.26. The van der Waals surface area contributed by atoms with Crippen molar-refractivity contribution < 1.29 is 0 Å². The summed E-state index contributed by atoms with van der Waals surface area (Å²) >= 11 is 0. The van der Waals surface area contributed by atoms with Crippen LogP contribution in [0.15, 0.2) is 0 Å². The van der Waals surface area contributed by atoms with Gasteiger partial charge in [-0.3, -0.25) is 4.90 Å². The molecule has 1 aliphatic rings. The molecule has 1 heterocycles. The zero-order valence-electron chi connectivity index (χ0n) is 9.13. The van der Waals surface area contributed by atoms with E-state index in [1.54, 1.807) is 0 Å². The number of likely N-dealkylation sites (tertiary alicyclic amines) is 1. The van der Waals surface area contributed by atoms with Crippen LogP contribution in [-0.2, 0) is 0 Å². The summed E-state index contributed by atoms with van der Waals surface area (Å²) < 4.78 is 0. The topological polar surface area (TPSA) is 29.3 Å². The fraction of sp³-hybridized carbons (Fsp3) is 1.00. The predicted octanol–water partition coefficient (Wildman–Crippen LogP) is 1.99. The number of hydrogen-bond acceptors (Lipinski definition) is 2. The predicted molar refractivity (Wildman–Crippen MR) is 57.8 cm³/mol. The van der Waals surface area contributed by atoms with Gasteiger partial charge in [0.15, 0.2) is 0 Å². The van der Waals surface area contributed by atoms with Crippen molar-refractivity contribution >= 4 is 0 Å². The number of hydrogen-bond donors (Lipinski definition) is 1. The van der Waals surface area contributed by atoms with Crippen molar-refractivity contribution in [2.75, 3.05) is 13.1 Å². The van der Waals surface area contributed by atoms with E-state index in [0.717, 1.165) is 12.6 Å². The molecule has 0 aromatic carbocycles. The van der Waals surface area contributed by atoms with E-state index in [4.69, 9.17) is 5.73 Å². The van der Waals surface area contributed by atoms with Crippen molar-refractivity contribution in [3.63, 3.8) is 0 Å². The van der Waals surface area contributed by atoms with Crippen molar-refractivity contribution in [2.45, 2.75) is 58.0 Å². The fourth-order valence-corrected chi connectivity index (χ4v) is 2.44. The van der Waals surface area contributed by atoms with Gasteiger partial charge in [0.2, 0.25) is 0 Å². The normalized spacial score (nSPS) is 27.5. The first-order valence-electron chi connectivity index (χ1n) is 5.75. The van der Waals surface area contributed by atoms with Gasteiger partial charge in [0.25, 0.3) is 0 Å². The highest BCUT2D eigenvalue weighted by Gasteiger charge is 2.24. The summed E-state index contributed by atoms with van der Waals surface area (Å²) in [5.74, 6) is 0. The van der Waals surface area contributed by atoms with Gasteiger partial charge < -0.3 is 5.73 Å². The van der Waals surface area contributed by atoms with E-state index < -0.39 is 0 Å². The third-order valence-electron chi connectivity index (χ3n) is 3.22. The number of nitrogens with two attached hydrogens (primary N) is 1. The molecule has 2 heteroatoms. The van der Waals surface area contributed by atoms with Crippen LogP contribution in [0.1, 0.15) is 46.0 Å². The van der Waals surface area contributed by atoms with Crippen LogP contribution >= 0.6 is 0 Å². The molecule has 0 aliphatic carbocycles. The molecule has 0 spiro atoms. The monoisotopic (exact) mass is 184 g/mol. The van der Waals surface area contributed by atoms with E-state index >= 15 is 0 Å². The molecular formula is C11H24N2. The molecule has 2 N–H and O–H groups in total. The van der Waals surface area contributed by atoms with E-state index in [0.29, 0.717) is 6.04 Å². The van der Waals surface area contributed by atoms with E-state index in [2.05, 4.69) is 18.7 Å². The van der Waals surface area contributed by atoms with Gasteiger partial charge in [0.05, 0.1) is 0 Å². The second kappa shape index (κ2) is 5.61. The number of piperidine rings is 1. The molecule has 1 saturated heterocycles. The molecule has 0 bridgehead atoms. The minimum atomic E-state index is 0.662. The van der Waals surface area contributed by atoms with Crippen LogP contribution < -0.4 is 5.73 Å². The Hall–Kier alpha value is -0.0800. The summed E-state index contributed by atoms with van der Waals surface area (Å²) in [5.41, 5.74) is 5.79. The van der Waals surface area contributed by atoms with Crippen molar-refractivity contribution in [3.8, 4) is 0 Å². The van der Waals surface area contributed by atoms with E-state index in [1.807, 2.05) is 0 Å². The molecule has 0 saturated carbocycles. The van der Waals surface area contributed by atoms with Gasteiger partial charge in [0, 0.05) is 18.6 Å². The van der Waals surface area contributed by atoms with Crippen LogP contribution in [0.2, 0.25) is 0 Å². The first-order valence-corrected chi connectivity index (χ1v) is 5.75. The molecule has 13 heavy (non-hydrogen) atoms. The van der Waals surface area contributed by atoms with Gasteiger partial charge in [0.1, 0.15) is 0 Å². The summed E-state index contributed by atoms with van der Waals surface area (Å²) in [5, 5.41) is 0. The number of nitrogens with zero attached hydrogens (tertiary/aromatic N) is 1. The molecule has 0 aromatic rings. The Labute approximate surface area is 82.5 Å². The van der Waals surface area contributed by atoms with Crippen LogP contribution in [0.5, 0.6) is 0 Å². The second-order valence-electron chi connectivity index (χ2n) is 4.26. The van der Waals surface area contributed by atoms with E-state index in [1.165, 1.54) is 38.6 Å².